The summed E-state index contributed by atoms with van der Waals surface area (Å²) in [4.78, 5) is 20.5. The van der Waals surface area contributed by atoms with E-state index in [-0.39, 0.29) is 19.6 Å². The first kappa shape index (κ1) is 11.4. The van der Waals surface area contributed by atoms with E-state index in [9.17, 15) is 9.59 Å². The summed E-state index contributed by atoms with van der Waals surface area (Å²) < 4.78 is 4.75. The van der Waals surface area contributed by atoms with E-state index in [4.69, 9.17) is 20.8 Å². The lowest BCUT2D eigenvalue weighted by molar-refractivity contribution is -0.141. The zero-order chi connectivity index (χ0) is 10.3. The fourth-order valence-electron chi connectivity index (χ4n) is 0.538. The Morgan fingerprint density at radius 3 is 2.62 bits per heavy atom. The van der Waals surface area contributed by atoms with Crippen molar-refractivity contribution in [2.75, 3.05) is 13.2 Å². The molecule has 0 aromatic carbocycles. The number of nitrogens with two attached hydrogens (primary N) is 1. The van der Waals surface area contributed by atoms with Crippen LogP contribution in [0, 0.1) is 17.2 Å². The molecule has 6 nitrogen and oxygen atoms in total. The first-order chi connectivity index (χ1) is 6.07. The number of hydrogen-bond donors (Lipinski definition) is 2. The smallest absolute Gasteiger partial charge is 0.323 e. The topological polar surface area (TPSA) is 113 Å². The van der Waals surface area contributed by atoms with Gasteiger partial charge in [0.15, 0.2) is 5.92 Å². The molecule has 6 heteroatoms. The van der Waals surface area contributed by atoms with Crippen molar-refractivity contribution in [3.63, 3.8) is 0 Å². The van der Waals surface area contributed by atoms with Crippen molar-refractivity contribution in [1.82, 2.24) is 0 Å². The summed E-state index contributed by atoms with van der Waals surface area (Å²) in [7, 11) is 0. The number of ether oxygens (including phenoxy) is 1. The summed E-state index contributed by atoms with van der Waals surface area (Å²) in [5.41, 5.74) is 4.80. The van der Waals surface area contributed by atoms with Crippen LogP contribution in [-0.4, -0.2) is 30.2 Å². The third kappa shape index (κ3) is 5.64. The van der Waals surface area contributed by atoms with Gasteiger partial charge >= 0.3 is 5.97 Å². The summed E-state index contributed by atoms with van der Waals surface area (Å²) in [5.74, 6) is -2.95. The molecule has 0 spiro atoms. The van der Waals surface area contributed by atoms with E-state index in [2.05, 4.69) is 0 Å². The molecule has 1 amide bonds. The first-order valence-electron chi connectivity index (χ1n) is 3.56. The molecule has 0 saturated carbocycles. The molecule has 0 radical (unpaired) electrons. The summed E-state index contributed by atoms with van der Waals surface area (Å²) in [6.07, 6.45) is 0.0256. The lowest BCUT2D eigenvalue weighted by atomic mass is 10.2. The zero-order valence-corrected chi connectivity index (χ0v) is 6.90. The second-order valence-electron chi connectivity index (χ2n) is 2.31. The average molecular weight is 186 g/mol. The van der Waals surface area contributed by atoms with Gasteiger partial charge in [-0.2, -0.15) is 5.26 Å². The quantitative estimate of drug-likeness (QED) is 0.522. The number of amides is 1. The van der Waals surface area contributed by atoms with Crippen molar-refractivity contribution in [2.45, 2.75) is 6.42 Å². The maximum absolute atomic E-state index is 10.3. The van der Waals surface area contributed by atoms with E-state index in [1.807, 2.05) is 0 Å². The van der Waals surface area contributed by atoms with Gasteiger partial charge in [-0.25, -0.2) is 0 Å². The number of carboxylic acid groups (broad SMARTS) is 1. The highest BCUT2D eigenvalue weighted by Gasteiger charge is 2.16. The van der Waals surface area contributed by atoms with E-state index in [0.29, 0.717) is 0 Å². The SMILES string of the molecule is N#CC(COCCC(N)=O)C(=O)O. The van der Waals surface area contributed by atoms with Crippen molar-refractivity contribution in [3.05, 3.63) is 0 Å². The molecule has 1 unspecified atom stereocenters. The van der Waals surface area contributed by atoms with Crippen LogP contribution in [0.1, 0.15) is 6.42 Å². The second-order valence-corrected chi connectivity index (χ2v) is 2.31. The van der Waals surface area contributed by atoms with Crippen molar-refractivity contribution >= 4 is 11.9 Å². The number of nitrogens with zero attached hydrogens (tertiary/aromatic N) is 1. The van der Waals surface area contributed by atoms with Gasteiger partial charge in [-0.1, -0.05) is 0 Å². The van der Waals surface area contributed by atoms with Gasteiger partial charge in [0, 0.05) is 6.42 Å². The number of nitriles is 1. The molecule has 0 fully saturated rings. The van der Waals surface area contributed by atoms with Crippen LogP contribution < -0.4 is 5.73 Å². The number of aliphatic carboxylic acids is 1. The van der Waals surface area contributed by atoms with E-state index < -0.39 is 17.8 Å². The Balaban J connectivity index is 3.57. The van der Waals surface area contributed by atoms with Crippen LogP contribution in [-0.2, 0) is 14.3 Å². The fraction of sp³-hybridized carbons (Fsp3) is 0.571. The van der Waals surface area contributed by atoms with Gasteiger partial charge in [0.2, 0.25) is 5.91 Å². The molecular formula is C7H10N2O4. The number of primary amides is 1. The Hall–Kier alpha value is -1.61. The predicted molar refractivity (Wildman–Crippen MR) is 41.4 cm³/mol. The summed E-state index contributed by atoms with van der Waals surface area (Å²) in [5, 5.41) is 16.7. The van der Waals surface area contributed by atoms with Crippen LogP contribution in [0.25, 0.3) is 0 Å². The van der Waals surface area contributed by atoms with Gasteiger partial charge in [0.25, 0.3) is 0 Å². The fourth-order valence-corrected chi connectivity index (χ4v) is 0.538. The molecule has 0 saturated heterocycles. The van der Waals surface area contributed by atoms with Gasteiger partial charge in [-0.05, 0) is 0 Å². The van der Waals surface area contributed by atoms with Crippen LogP contribution in [0.2, 0.25) is 0 Å². The van der Waals surface area contributed by atoms with Crippen LogP contribution in [0.15, 0.2) is 0 Å². The number of carbonyl (C=O) groups is 2. The van der Waals surface area contributed by atoms with E-state index >= 15 is 0 Å². The number of carbonyl (C=O) groups excluding carboxylic acids is 1. The van der Waals surface area contributed by atoms with Gasteiger partial charge in [0.1, 0.15) is 0 Å². The molecule has 0 aliphatic heterocycles. The van der Waals surface area contributed by atoms with Crippen LogP contribution in [0.4, 0.5) is 0 Å². The number of hydrogen-bond acceptors (Lipinski definition) is 4. The third-order valence-electron chi connectivity index (χ3n) is 1.23. The molecule has 0 heterocycles. The minimum absolute atomic E-state index is 0.0256. The lowest BCUT2D eigenvalue weighted by Crippen LogP contribution is -2.20. The Kier molecular flexibility index (Phi) is 5.23. The molecule has 0 bridgehead atoms. The molecule has 72 valence electrons. The summed E-state index contributed by atoms with van der Waals surface area (Å²) in [6, 6.07) is 1.55. The number of carboxylic acids is 1. The Bertz CT molecular complexity index is 233. The van der Waals surface area contributed by atoms with Crippen molar-refractivity contribution in [2.24, 2.45) is 11.7 Å². The van der Waals surface area contributed by atoms with Gasteiger partial charge < -0.3 is 15.6 Å². The third-order valence-corrected chi connectivity index (χ3v) is 1.23. The second kappa shape index (κ2) is 5.97. The molecule has 0 aromatic rings. The van der Waals surface area contributed by atoms with Crippen LogP contribution in [0.3, 0.4) is 0 Å². The van der Waals surface area contributed by atoms with E-state index in [0.717, 1.165) is 0 Å². The molecule has 13 heavy (non-hydrogen) atoms. The largest absolute Gasteiger partial charge is 0.480 e. The highest BCUT2D eigenvalue weighted by atomic mass is 16.5. The standard InChI is InChI=1S/C7H10N2O4/c8-3-5(7(11)12)4-13-2-1-6(9)10/h5H,1-2,4H2,(H2,9,10)(H,11,12). The predicted octanol–water partition coefficient (Wildman–Crippen LogP) is -0.897. The van der Waals surface area contributed by atoms with E-state index in [1.54, 1.807) is 6.07 Å². The summed E-state index contributed by atoms with van der Waals surface area (Å²) >= 11 is 0. The monoisotopic (exact) mass is 186 g/mol. The molecule has 0 rings (SSSR count). The van der Waals surface area contributed by atoms with Gasteiger partial charge in [0.05, 0.1) is 19.3 Å². The Morgan fingerprint density at radius 1 is 1.62 bits per heavy atom. The highest BCUT2D eigenvalue weighted by molar-refractivity contribution is 5.74. The van der Waals surface area contributed by atoms with Crippen LogP contribution in [0.5, 0.6) is 0 Å². The number of rotatable bonds is 6. The lowest BCUT2D eigenvalue weighted by Gasteiger charge is -2.03. The first-order valence-corrected chi connectivity index (χ1v) is 3.56. The van der Waals surface area contributed by atoms with Gasteiger partial charge in [-0.3, -0.25) is 9.59 Å². The molecular weight excluding hydrogens is 176 g/mol. The maximum atomic E-state index is 10.3. The average Bonchev–Trinajstić information content (AvgIpc) is 2.03. The molecule has 0 aromatic heterocycles. The Morgan fingerprint density at radius 2 is 2.23 bits per heavy atom. The minimum Gasteiger partial charge on any atom is -0.480 e. The van der Waals surface area contributed by atoms with Crippen LogP contribution >= 0.6 is 0 Å². The van der Waals surface area contributed by atoms with Crippen molar-refractivity contribution < 1.29 is 19.4 Å². The molecule has 3 N–H and O–H groups in total. The maximum Gasteiger partial charge on any atom is 0.323 e. The highest BCUT2D eigenvalue weighted by Crippen LogP contribution is 1.95. The molecule has 0 aliphatic rings. The van der Waals surface area contributed by atoms with Crippen molar-refractivity contribution in [1.29, 1.82) is 5.26 Å². The molecule has 0 aliphatic carbocycles. The normalized spacial score (nSPS) is 11.6. The van der Waals surface area contributed by atoms with E-state index in [1.165, 1.54) is 0 Å². The Labute approximate surface area is 74.9 Å². The minimum atomic E-state index is -1.23. The van der Waals surface area contributed by atoms with Gasteiger partial charge in [-0.15, -0.1) is 0 Å². The van der Waals surface area contributed by atoms with Crippen molar-refractivity contribution in [3.8, 4) is 6.07 Å². The summed E-state index contributed by atoms with van der Waals surface area (Å²) in [6.45, 7) is -0.181. The molecule has 1 atom stereocenters. The zero-order valence-electron chi connectivity index (χ0n) is 6.90.